The molecule has 34 heavy (non-hydrogen) atoms. The van der Waals surface area contributed by atoms with Crippen molar-refractivity contribution in [2.75, 3.05) is 5.32 Å². The van der Waals surface area contributed by atoms with E-state index < -0.39 is 11.9 Å². The highest BCUT2D eigenvalue weighted by atomic mass is 16.2. The number of rotatable bonds is 6. The molecule has 3 amide bonds. The lowest BCUT2D eigenvalue weighted by Gasteiger charge is -2.37. The summed E-state index contributed by atoms with van der Waals surface area (Å²) in [6.07, 6.45) is 5.60. The molecule has 7 rings (SSSR count). The van der Waals surface area contributed by atoms with E-state index in [0.717, 1.165) is 12.0 Å². The summed E-state index contributed by atoms with van der Waals surface area (Å²) in [5.74, 6) is -0.434. The third kappa shape index (κ3) is 3.23. The van der Waals surface area contributed by atoms with E-state index in [1.165, 1.54) is 11.8 Å². The van der Waals surface area contributed by atoms with E-state index in [1.807, 2.05) is 30.3 Å². The predicted octanol–water partition coefficient (Wildman–Crippen LogP) is 3.49. The number of allylic oxidation sites excluding steroid dienone is 2. The molecule has 5 aliphatic rings. The van der Waals surface area contributed by atoms with E-state index in [4.69, 9.17) is 0 Å². The highest BCUT2D eigenvalue weighted by Gasteiger charge is 2.67. The highest BCUT2D eigenvalue weighted by Crippen LogP contribution is 2.65. The summed E-state index contributed by atoms with van der Waals surface area (Å²) in [6, 6.07) is 15.2. The molecule has 0 aromatic heterocycles. The molecule has 172 valence electrons. The van der Waals surface area contributed by atoms with Crippen LogP contribution in [0.5, 0.6) is 0 Å². The van der Waals surface area contributed by atoms with E-state index in [-0.39, 0.29) is 47.7 Å². The van der Waals surface area contributed by atoms with Crippen LogP contribution < -0.4 is 5.32 Å². The number of hydrogen-bond donors (Lipinski definition) is 1. The Morgan fingerprint density at radius 2 is 1.59 bits per heavy atom. The first-order chi connectivity index (χ1) is 16.4. The number of carbonyl (C=O) groups is 4. The first-order valence-electron chi connectivity index (χ1n) is 11.9. The molecule has 0 radical (unpaired) electrons. The van der Waals surface area contributed by atoms with Crippen LogP contribution >= 0.6 is 0 Å². The number of hydrogen-bond acceptors (Lipinski definition) is 4. The van der Waals surface area contributed by atoms with Gasteiger partial charge in [-0.15, -0.1) is 0 Å². The lowest BCUT2D eigenvalue weighted by atomic mass is 9.63. The number of nitrogens with one attached hydrogen (secondary N) is 1. The number of ketones is 1. The number of carbonyl (C=O) groups excluding carboxylic acids is 4. The van der Waals surface area contributed by atoms with Crippen LogP contribution in [0, 0.1) is 35.5 Å². The SMILES string of the molecule is CC(=O)c1cccc(NC(=O)C(Cc2ccccc2)N2C(=O)C3C4C=CC(C5CC45)C3C2=O)c1. The van der Waals surface area contributed by atoms with Gasteiger partial charge in [-0.1, -0.05) is 54.6 Å². The molecule has 0 spiro atoms. The van der Waals surface area contributed by atoms with Gasteiger partial charge in [0.25, 0.3) is 0 Å². The minimum absolute atomic E-state index is 0.104. The molecule has 2 bridgehead atoms. The predicted molar refractivity (Wildman–Crippen MR) is 126 cm³/mol. The first kappa shape index (κ1) is 21.0. The van der Waals surface area contributed by atoms with Crippen LogP contribution in [0.4, 0.5) is 5.69 Å². The van der Waals surface area contributed by atoms with Crippen LogP contribution in [0.1, 0.15) is 29.3 Å². The quantitative estimate of drug-likeness (QED) is 0.411. The van der Waals surface area contributed by atoms with Gasteiger partial charge in [0.15, 0.2) is 5.78 Å². The van der Waals surface area contributed by atoms with E-state index in [9.17, 15) is 19.2 Å². The number of nitrogens with zero attached hydrogens (tertiary/aromatic N) is 1. The normalized spacial score (nSPS) is 31.1. The summed E-state index contributed by atoms with van der Waals surface area (Å²) < 4.78 is 0. The van der Waals surface area contributed by atoms with Gasteiger partial charge in [0, 0.05) is 17.7 Å². The molecule has 2 aromatic rings. The number of amides is 3. The van der Waals surface area contributed by atoms with Crippen molar-refractivity contribution in [3.8, 4) is 0 Å². The zero-order chi connectivity index (χ0) is 23.6. The minimum Gasteiger partial charge on any atom is -0.324 e. The number of Topliss-reactive ketones (excluding diaryl/α,β-unsaturated/α-hetero) is 1. The van der Waals surface area contributed by atoms with Gasteiger partial charge in [-0.05, 0) is 54.7 Å². The summed E-state index contributed by atoms with van der Waals surface area (Å²) in [6.45, 7) is 1.47. The average molecular weight is 455 g/mol. The Morgan fingerprint density at radius 3 is 2.21 bits per heavy atom. The maximum absolute atomic E-state index is 13.7. The van der Waals surface area contributed by atoms with Crippen molar-refractivity contribution in [2.24, 2.45) is 35.5 Å². The topological polar surface area (TPSA) is 83.6 Å². The standard InChI is InChI=1S/C28H26N2O4/c1-15(31)17-8-5-9-18(13-17)29-26(32)23(12-16-6-3-2-4-7-16)30-27(33)24-19-10-11-20(22-14-21(19)22)25(24)28(30)34/h2-11,13,19-25H,12,14H2,1H3,(H,29,32). The van der Waals surface area contributed by atoms with Crippen LogP contribution in [-0.2, 0) is 20.8 Å². The van der Waals surface area contributed by atoms with Gasteiger partial charge in [-0.3, -0.25) is 24.1 Å². The fourth-order valence-corrected chi connectivity index (χ4v) is 6.47. The Kier molecular flexibility index (Phi) is 4.80. The molecule has 6 nitrogen and oxygen atoms in total. The van der Waals surface area contributed by atoms with Crippen LogP contribution in [0.15, 0.2) is 66.7 Å². The third-order valence-corrected chi connectivity index (χ3v) is 8.12. The lowest BCUT2D eigenvalue weighted by Crippen LogP contribution is -2.49. The molecule has 1 heterocycles. The lowest BCUT2D eigenvalue weighted by molar-refractivity contribution is -0.146. The molecule has 1 saturated heterocycles. The number of likely N-dealkylation sites (tertiary alicyclic amines) is 1. The van der Waals surface area contributed by atoms with Gasteiger partial charge >= 0.3 is 0 Å². The van der Waals surface area contributed by atoms with Gasteiger partial charge in [-0.25, -0.2) is 0 Å². The fraction of sp³-hybridized carbons (Fsp3) is 0.357. The first-order valence-corrected chi connectivity index (χ1v) is 11.9. The number of imide groups is 1. The molecule has 7 atom stereocenters. The summed E-state index contributed by atoms with van der Waals surface area (Å²) in [5, 5.41) is 2.86. The van der Waals surface area contributed by atoms with Crippen molar-refractivity contribution < 1.29 is 19.2 Å². The number of anilines is 1. The van der Waals surface area contributed by atoms with Crippen LogP contribution in [-0.4, -0.2) is 34.4 Å². The molecule has 1 aliphatic heterocycles. The molecular formula is C28H26N2O4. The van der Waals surface area contributed by atoms with Gasteiger partial charge < -0.3 is 5.32 Å². The zero-order valence-electron chi connectivity index (χ0n) is 18.9. The van der Waals surface area contributed by atoms with Crippen molar-refractivity contribution in [1.82, 2.24) is 4.90 Å². The Labute approximate surface area is 198 Å². The van der Waals surface area contributed by atoms with Crippen LogP contribution in [0.3, 0.4) is 0 Å². The molecule has 2 saturated carbocycles. The molecule has 7 unspecified atom stereocenters. The molecule has 4 aliphatic carbocycles. The van der Waals surface area contributed by atoms with Gasteiger partial charge in [-0.2, -0.15) is 0 Å². The molecule has 1 N–H and O–H groups in total. The van der Waals surface area contributed by atoms with Crippen LogP contribution in [0.25, 0.3) is 0 Å². The Hall–Kier alpha value is -3.54. The van der Waals surface area contributed by atoms with Gasteiger partial charge in [0.1, 0.15) is 6.04 Å². The molecular weight excluding hydrogens is 428 g/mol. The average Bonchev–Trinajstić information content (AvgIpc) is 3.62. The monoisotopic (exact) mass is 454 g/mol. The summed E-state index contributed by atoms with van der Waals surface area (Å²) in [7, 11) is 0. The second kappa shape index (κ2) is 7.76. The van der Waals surface area contributed by atoms with E-state index in [0.29, 0.717) is 23.1 Å². The van der Waals surface area contributed by atoms with Crippen molar-refractivity contribution in [3.63, 3.8) is 0 Å². The fourth-order valence-electron chi connectivity index (χ4n) is 6.47. The summed E-state index contributed by atoms with van der Waals surface area (Å²) >= 11 is 0. The second-order valence-electron chi connectivity index (χ2n) is 10.0. The molecule has 6 heteroatoms. The summed E-state index contributed by atoms with van der Waals surface area (Å²) in [5.41, 5.74) is 1.83. The van der Waals surface area contributed by atoms with Gasteiger partial charge in [0.05, 0.1) is 11.8 Å². The largest absolute Gasteiger partial charge is 0.324 e. The smallest absolute Gasteiger partial charge is 0.248 e. The molecule has 2 aromatic carbocycles. The maximum atomic E-state index is 13.7. The Balaban J connectivity index is 1.32. The maximum Gasteiger partial charge on any atom is 0.248 e. The minimum atomic E-state index is -0.954. The molecule has 3 fully saturated rings. The van der Waals surface area contributed by atoms with E-state index in [1.54, 1.807) is 24.3 Å². The second-order valence-corrected chi connectivity index (χ2v) is 10.0. The van der Waals surface area contributed by atoms with Crippen molar-refractivity contribution in [3.05, 3.63) is 77.9 Å². The van der Waals surface area contributed by atoms with Crippen molar-refractivity contribution in [2.45, 2.75) is 25.8 Å². The van der Waals surface area contributed by atoms with Crippen LogP contribution in [0.2, 0.25) is 0 Å². The zero-order valence-corrected chi connectivity index (χ0v) is 18.9. The van der Waals surface area contributed by atoms with Gasteiger partial charge in [0.2, 0.25) is 17.7 Å². The van der Waals surface area contributed by atoms with Crippen molar-refractivity contribution in [1.29, 1.82) is 0 Å². The van der Waals surface area contributed by atoms with E-state index >= 15 is 0 Å². The highest BCUT2D eigenvalue weighted by molar-refractivity contribution is 6.11. The summed E-state index contributed by atoms with van der Waals surface area (Å²) in [4.78, 5) is 54.0. The number of benzene rings is 2. The Bertz CT molecular complexity index is 1200. The Morgan fingerprint density at radius 1 is 0.941 bits per heavy atom. The third-order valence-electron chi connectivity index (χ3n) is 8.12. The van der Waals surface area contributed by atoms with Crippen molar-refractivity contribution >= 4 is 29.2 Å². The van der Waals surface area contributed by atoms with E-state index in [2.05, 4.69) is 17.5 Å².